The van der Waals surface area contributed by atoms with Crippen molar-refractivity contribution in [3.05, 3.63) is 39.7 Å². The van der Waals surface area contributed by atoms with Crippen LogP contribution in [0.2, 0.25) is 0 Å². The van der Waals surface area contributed by atoms with Crippen molar-refractivity contribution in [3.8, 4) is 11.3 Å². The molecule has 2 N–H and O–H groups in total. The lowest BCUT2D eigenvalue weighted by atomic mass is 10.0. The number of hydrogen-bond acceptors (Lipinski definition) is 5. The van der Waals surface area contributed by atoms with E-state index in [1.54, 1.807) is 0 Å². The average molecular weight is 304 g/mol. The van der Waals surface area contributed by atoms with Crippen molar-refractivity contribution < 1.29 is 0 Å². The van der Waals surface area contributed by atoms with Crippen LogP contribution in [0.3, 0.4) is 0 Å². The topological polar surface area (TPSA) is 73.8 Å². The fourth-order valence-electron chi connectivity index (χ4n) is 1.98. The van der Waals surface area contributed by atoms with Crippen LogP contribution in [-0.4, -0.2) is 20.1 Å². The second kappa shape index (κ2) is 6.30. The van der Waals surface area contributed by atoms with E-state index in [1.807, 2.05) is 32.0 Å². The van der Waals surface area contributed by atoms with E-state index in [9.17, 15) is 4.79 Å². The molecule has 0 spiro atoms. The van der Waals surface area contributed by atoms with E-state index in [1.165, 1.54) is 11.8 Å². The molecule has 6 heteroatoms. The average Bonchev–Trinajstić information content (AvgIpc) is 2.45. The fraction of sp³-hybridized carbons (Fsp3) is 0.400. The number of aryl methyl sites for hydroxylation is 2. The molecule has 0 bridgehead atoms. The van der Waals surface area contributed by atoms with Crippen LogP contribution in [0.25, 0.3) is 11.3 Å². The zero-order chi connectivity index (χ0) is 15.6. The molecule has 0 aliphatic rings. The first-order valence-electron chi connectivity index (χ1n) is 6.93. The number of hydrogen-bond donors (Lipinski definition) is 1. The van der Waals surface area contributed by atoms with Gasteiger partial charge in [0.15, 0.2) is 5.69 Å². The Morgan fingerprint density at radius 3 is 2.67 bits per heavy atom. The van der Waals surface area contributed by atoms with E-state index in [4.69, 9.17) is 5.84 Å². The van der Waals surface area contributed by atoms with Gasteiger partial charge in [0.1, 0.15) is 0 Å². The molecular formula is C15H20N4OS. The van der Waals surface area contributed by atoms with E-state index in [-0.39, 0.29) is 5.56 Å². The van der Waals surface area contributed by atoms with E-state index in [0.29, 0.717) is 16.1 Å². The summed E-state index contributed by atoms with van der Waals surface area (Å²) in [6, 6.07) is 5.85. The van der Waals surface area contributed by atoms with Gasteiger partial charge in [-0.2, -0.15) is 4.68 Å². The van der Waals surface area contributed by atoms with Gasteiger partial charge >= 0.3 is 0 Å². The molecule has 2 rings (SSSR count). The highest BCUT2D eigenvalue weighted by Crippen LogP contribution is 2.23. The lowest BCUT2D eigenvalue weighted by Crippen LogP contribution is -2.32. The molecule has 5 nitrogen and oxygen atoms in total. The van der Waals surface area contributed by atoms with Crippen molar-refractivity contribution in [2.75, 3.05) is 5.84 Å². The zero-order valence-corrected chi connectivity index (χ0v) is 13.6. The van der Waals surface area contributed by atoms with Gasteiger partial charge in [0.2, 0.25) is 5.16 Å². The summed E-state index contributed by atoms with van der Waals surface area (Å²) >= 11 is 1.46. The van der Waals surface area contributed by atoms with Gasteiger partial charge in [0.05, 0.1) is 0 Å². The normalized spacial score (nSPS) is 12.4. The van der Waals surface area contributed by atoms with Crippen LogP contribution in [0, 0.1) is 13.8 Å². The highest BCUT2D eigenvalue weighted by molar-refractivity contribution is 7.99. The van der Waals surface area contributed by atoms with E-state index in [0.717, 1.165) is 27.8 Å². The molecule has 1 atom stereocenters. The first-order chi connectivity index (χ1) is 9.93. The molecule has 1 heterocycles. The molecule has 0 amide bonds. The third kappa shape index (κ3) is 3.26. The molecule has 1 aromatic heterocycles. The molecule has 0 saturated heterocycles. The van der Waals surface area contributed by atoms with E-state index < -0.39 is 0 Å². The Labute approximate surface area is 128 Å². The maximum Gasteiger partial charge on any atom is 0.299 e. The van der Waals surface area contributed by atoms with Gasteiger partial charge in [0, 0.05) is 10.8 Å². The summed E-state index contributed by atoms with van der Waals surface area (Å²) in [5.74, 6) is 5.88. The SMILES string of the molecule is CCC(C)Sc1nnc(-c2ccc(C)cc2C)c(=O)n1N. The summed E-state index contributed by atoms with van der Waals surface area (Å²) in [5.41, 5.74) is 2.88. The van der Waals surface area contributed by atoms with Crippen LogP contribution in [0.4, 0.5) is 0 Å². The maximum atomic E-state index is 12.4. The van der Waals surface area contributed by atoms with Crippen LogP contribution < -0.4 is 11.4 Å². The highest BCUT2D eigenvalue weighted by atomic mass is 32.2. The Morgan fingerprint density at radius 1 is 1.33 bits per heavy atom. The Balaban J connectivity index is 2.48. The molecule has 1 unspecified atom stereocenters. The van der Waals surface area contributed by atoms with Crippen molar-refractivity contribution in [2.45, 2.75) is 44.5 Å². The smallest absolute Gasteiger partial charge is 0.299 e. The number of nitrogens with two attached hydrogens (primary N) is 1. The quantitative estimate of drug-likeness (QED) is 0.694. The fourth-order valence-corrected chi connectivity index (χ4v) is 2.79. The third-order valence-electron chi connectivity index (χ3n) is 3.38. The van der Waals surface area contributed by atoms with Crippen molar-refractivity contribution >= 4 is 11.8 Å². The van der Waals surface area contributed by atoms with Crippen LogP contribution >= 0.6 is 11.8 Å². The van der Waals surface area contributed by atoms with Crippen LogP contribution in [0.15, 0.2) is 28.2 Å². The summed E-state index contributed by atoms with van der Waals surface area (Å²) in [7, 11) is 0. The molecule has 0 radical (unpaired) electrons. The van der Waals surface area contributed by atoms with E-state index in [2.05, 4.69) is 24.0 Å². The summed E-state index contributed by atoms with van der Waals surface area (Å²) in [6.45, 7) is 8.10. The van der Waals surface area contributed by atoms with Crippen molar-refractivity contribution in [1.82, 2.24) is 14.9 Å². The van der Waals surface area contributed by atoms with Crippen LogP contribution in [0.5, 0.6) is 0 Å². The number of rotatable bonds is 4. The van der Waals surface area contributed by atoms with E-state index >= 15 is 0 Å². The predicted molar refractivity (Wildman–Crippen MR) is 87.0 cm³/mol. The van der Waals surface area contributed by atoms with Gasteiger partial charge in [-0.15, -0.1) is 10.2 Å². The van der Waals surface area contributed by atoms with Crippen molar-refractivity contribution in [2.24, 2.45) is 0 Å². The molecule has 1 aromatic carbocycles. The molecule has 0 aliphatic heterocycles. The lowest BCUT2D eigenvalue weighted by Gasteiger charge is -2.11. The predicted octanol–water partition coefficient (Wildman–Crippen LogP) is 2.53. The Hall–Kier alpha value is -1.82. The lowest BCUT2D eigenvalue weighted by molar-refractivity contribution is 0.699. The minimum Gasteiger partial charge on any atom is -0.334 e. The first kappa shape index (κ1) is 15.6. The number of benzene rings is 1. The van der Waals surface area contributed by atoms with Crippen molar-refractivity contribution in [3.63, 3.8) is 0 Å². The zero-order valence-electron chi connectivity index (χ0n) is 12.8. The number of nitrogen functional groups attached to an aromatic ring is 1. The van der Waals surface area contributed by atoms with Crippen LogP contribution in [0.1, 0.15) is 31.4 Å². The minimum atomic E-state index is -0.317. The second-order valence-corrected chi connectivity index (χ2v) is 6.57. The number of aromatic nitrogens is 3. The number of nitrogens with zero attached hydrogens (tertiary/aromatic N) is 3. The second-order valence-electron chi connectivity index (χ2n) is 5.16. The summed E-state index contributed by atoms with van der Waals surface area (Å²) < 4.78 is 1.10. The van der Waals surface area contributed by atoms with Gasteiger partial charge in [-0.25, -0.2) is 0 Å². The minimum absolute atomic E-state index is 0.295. The highest BCUT2D eigenvalue weighted by Gasteiger charge is 2.15. The van der Waals surface area contributed by atoms with Gasteiger partial charge in [-0.3, -0.25) is 4.79 Å². The Kier molecular flexibility index (Phi) is 4.67. The standard InChI is InChI=1S/C15H20N4OS/c1-5-11(4)21-15-18-17-13(14(20)19(15)16)12-7-6-9(2)8-10(12)3/h6-8,11H,5,16H2,1-4H3. The monoisotopic (exact) mass is 304 g/mol. The summed E-state index contributed by atoms with van der Waals surface area (Å²) in [6.07, 6.45) is 0.972. The van der Waals surface area contributed by atoms with Crippen molar-refractivity contribution in [1.29, 1.82) is 0 Å². The van der Waals surface area contributed by atoms with Crippen LogP contribution in [-0.2, 0) is 0 Å². The molecule has 21 heavy (non-hydrogen) atoms. The van der Waals surface area contributed by atoms with Gasteiger partial charge in [0.25, 0.3) is 5.56 Å². The van der Waals surface area contributed by atoms with Gasteiger partial charge < -0.3 is 5.84 Å². The molecule has 0 aliphatic carbocycles. The third-order valence-corrected chi connectivity index (χ3v) is 4.61. The largest absolute Gasteiger partial charge is 0.334 e. The molecule has 0 saturated carbocycles. The Bertz CT molecular complexity index is 711. The number of thioether (sulfide) groups is 1. The van der Waals surface area contributed by atoms with Gasteiger partial charge in [-0.1, -0.05) is 49.4 Å². The molecular weight excluding hydrogens is 284 g/mol. The summed E-state index contributed by atoms with van der Waals surface area (Å²) in [4.78, 5) is 12.4. The summed E-state index contributed by atoms with van der Waals surface area (Å²) in [5, 5.41) is 9.00. The van der Waals surface area contributed by atoms with Gasteiger partial charge in [-0.05, 0) is 25.8 Å². The first-order valence-corrected chi connectivity index (χ1v) is 7.81. The molecule has 112 valence electrons. The molecule has 2 aromatic rings. The molecule has 0 fully saturated rings. The Morgan fingerprint density at radius 2 is 2.05 bits per heavy atom. The maximum absolute atomic E-state index is 12.4.